The van der Waals surface area contributed by atoms with Crippen molar-refractivity contribution in [2.75, 3.05) is 10.6 Å². The van der Waals surface area contributed by atoms with Crippen LogP contribution in [0.2, 0.25) is 5.02 Å². The Balaban J connectivity index is 1.93. The third-order valence-corrected chi connectivity index (χ3v) is 3.88. The Morgan fingerprint density at radius 1 is 1.04 bits per heavy atom. The van der Waals surface area contributed by atoms with Crippen molar-refractivity contribution in [1.29, 1.82) is 0 Å². The molecule has 28 heavy (non-hydrogen) atoms. The molecular weight excluding hydrogens is 399 g/mol. The number of hydrogen-bond acceptors (Lipinski definition) is 6. The van der Waals surface area contributed by atoms with E-state index in [1.165, 1.54) is 36.4 Å². The molecule has 0 aliphatic heterocycles. The van der Waals surface area contributed by atoms with Gasteiger partial charge in [0.1, 0.15) is 11.4 Å². The third-order valence-electron chi connectivity index (χ3n) is 3.56. The summed E-state index contributed by atoms with van der Waals surface area (Å²) in [5, 5.41) is 16.2. The van der Waals surface area contributed by atoms with E-state index in [9.17, 15) is 23.3 Å². The van der Waals surface area contributed by atoms with Crippen LogP contribution in [0, 0.1) is 10.1 Å². The van der Waals surface area contributed by atoms with Gasteiger partial charge in [0.05, 0.1) is 15.6 Å². The fourth-order valence-corrected chi connectivity index (χ4v) is 2.41. The molecule has 1 aromatic heterocycles. The van der Waals surface area contributed by atoms with Crippen molar-refractivity contribution in [3.8, 4) is 0 Å². The van der Waals surface area contributed by atoms with Crippen molar-refractivity contribution in [3.63, 3.8) is 0 Å². The fourth-order valence-electron chi connectivity index (χ4n) is 2.23. The van der Waals surface area contributed by atoms with Gasteiger partial charge in [-0.1, -0.05) is 23.7 Å². The highest BCUT2D eigenvalue weighted by molar-refractivity contribution is 6.33. The monoisotopic (exact) mass is 409 g/mol. The van der Waals surface area contributed by atoms with Crippen LogP contribution < -0.4 is 10.6 Å². The number of nitro benzene ring substituents is 1. The van der Waals surface area contributed by atoms with Crippen molar-refractivity contribution in [1.82, 2.24) is 9.97 Å². The van der Waals surface area contributed by atoms with Gasteiger partial charge in [0, 0.05) is 24.0 Å². The molecule has 1 heterocycles. The smallest absolute Gasteiger partial charge is 0.338 e. The molecule has 3 rings (SSSR count). The first-order chi connectivity index (χ1) is 13.2. The number of para-hydroxylation sites is 1. The zero-order valence-corrected chi connectivity index (χ0v) is 14.6. The van der Waals surface area contributed by atoms with Crippen LogP contribution >= 0.6 is 11.6 Å². The Bertz CT molecular complexity index is 1010. The Hall–Kier alpha value is -3.40. The first-order valence-corrected chi connectivity index (χ1v) is 8.09. The molecule has 0 spiro atoms. The van der Waals surface area contributed by atoms with E-state index < -0.39 is 22.5 Å². The number of aromatic nitrogens is 2. The van der Waals surface area contributed by atoms with Crippen LogP contribution in [-0.2, 0) is 6.18 Å². The van der Waals surface area contributed by atoms with Crippen LogP contribution in [0.1, 0.15) is 5.56 Å². The molecule has 2 aromatic carbocycles. The van der Waals surface area contributed by atoms with Crippen molar-refractivity contribution >= 4 is 40.4 Å². The van der Waals surface area contributed by atoms with Gasteiger partial charge in [-0.2, -0.15) is 18.2 Å². The number of nitrogens with one attached hydrogen (secondary N) is 2. The summed E-state index contributed by atoms with van der Waals surface area (Å²) in [4.78, 5) is 17.7. The van der Waals surface area contributed by atoms with Crippen LogP contribution in [0.4, 0.5) is 42.0 Å². The quantitative estimate of drug-likeness (QED) is 0.424. The van der Waals surface area contributed by atoms with Gasteiger partial charge in [-0.25, -0.2) is 4.98 Å². The molecule has 0 atom stereocenters. The molecule has 0 aliphatic rings. The molecule has 3 aromatic rings. The molecule has 0 saturated carbocycles. The molecule has 0 amide bonds. The molecule has 0 bridgehead atoms. The Morgan fingerprint density at radius 3 is 2.32 bits per heavy atom. The summed E-state index contributed by atoms with van der Waals surface area (Å²) < 4.78 is 39.9. The highest BCUT2D eigenvalue weighted by atomic mass is 35.5. The SMILES string of the molecule is O=[N+]([O-])c1ccc(Nc2ncc(C(F)(F)F)c(Nc3ccccc3Cl)n2)cc1. The summed E-state index contributed by atoms with van der Waals surface area (Å²) in [6.07, 6.45) is -4.05. The molecule has 0 radical (unpaired) electrons. The topological polar surface area (TPSA) is 93.0 Å². The molecule has 0 unspecified atom stereocenters. The molecule has 7 nitrogen and oxygen atoms in total. The van der Waals surface area contributed by atoms with Gasteiger partial charge in [-0.3, -0.25) is 10.1 Å². The second-order valence-corrected chi connectivity index (χ2v) is 5.89. The first-order valence-electron chi connectivity index (χ1n) is 7.71. The lowest BCUT2D eigenvalue weighted by molar-refractivity contribution is -0.384. The van der Waals surface area contributed by atoms with Gasteiger partial charge in [0.2, 0.25) is 5.95 Å². The van der Waals surface area contributed by atoms with E-state index in [2.05, 4.69) is 20.6 Å². The third kappa shape index (κ3) is 4.46. The predicted octanol–water partition coefficient (Wildman–Crippen LogP) is 5.54. The summed E-state index contributed by atoms with van der Waals surface area (Å²) in [6.45, 7) is 0. The van der Waals surface area contributed by atoms with Crippen molar-refractivity contribution in [3.05, 3.63) is 75.4 Å². The van der Waals surface area contributed by atoms with Crippen LogP contribution in [-0.4, -0.2) is 14.9 Å². The predicted molar refractivity (Wildman–Crippen MR) is 98.1 cm³/mol. The lowest BCUT2D eigenvalue weighted by atomic mass is 10.2. The maximum absolute atomic E-state index is 13.3. The van der Waals surface area contributed by atoms with E-state index in [0.717, 1.165) is 0 Å². The van der Waals surface area contributed by atoms with Gasteiger partial charge in [0.15, 0.2) is 0 Å². The molecular formula is C17H11ClF3N5O2. The molecule has 0 fully saturated rings. The fraction of sp³-hybridized carbons (Fsp3) is 0.0588. The van der Waals surface area contributed by atoms with Gasteiger partial charge >= 0.3 is 6.18 Å². The highest BCUT2D eigenvalue weighted by Crippen LogP contribution is 2.36. The van der Waals surface area contributed by atoms with Crippen molar-refractivity contribution < 1.29 is 18.1 Å². The number of hydrogen-bond donors (Lipinski definition) is 2. The summed E-state index contributed by atoms with van der Waals surface area (Å²) in [7, 11) is 0. The summed E-state index contributed by atoms with van der Waals surface area (Å²) in [6, 6.07) is 11.5. The number of nitrogens with zero attached hydrogens (tertiary/aromatic N) is 3. The van der Waals surface area contributed by atoms with E-state index in [-0.39, 0.29) is 22.3 Å². The van der Waals surface area contributed by atoms with E-state index in [4.69, 9.17) is 11.6 Å². The minimum atomic E-state index is -4.69. The van der Waals surface area contributed by atoms with Gasteiger partial charge in [-0.05, 0) is 24.3 Å². The van der Waals surface area contributed by atoms with Crippen LogP contribution in [0.5, 0.6) is 0 Å². The molecule has 2 N–H and O–H groups in total. The second-order valence-electron chi connectivity index (χ2n) is 5.49. The zero-order valence-electron chi connectivity index (χ0n) is 13.9. The number of nitro groups is 1. The summed E-state index contributed by atoms with van der Waals surface area (Å²) in [5.41, 5.74) is -0.578. The largest absolute Gasteiger partial charge is 0.421 e. The number of alkyl halides is 3. The average Bonchev–Trinajstić information content (AvgIpc) is 2.63. The normalized spacial score (nSPS) is 11.1. The van der Waals surface area contributed by atoms with Crippen LogP contribution in [0.3, 0.4) is 0 Å². The molecule has 144 valence electrons. The minimum absolute atomic E-state index is 0.125. The van der Waals surface area contributed by atoms with Crippen LogP contribution in [0.25, 0.3) is 0 Å². The number of halogens is 4. The second kappa shape index (κ2) is 7.69. The lowest BCUT2D eigenvalue weighted by Gasteiger charge is -2.15. The summed E-state index contributed by atoms with van der Waals surface area (Å²) >= 11 is 5.99. The van der Waals surface area contributed by atoms with Gasteiger partial charge in [-0.15, -0.1) is 0 Å². The minimum Gasteiger partial charge on any atom is -0.338 e. The summed E-state index contributed by atoms with van der Waals surface area (Å²) in [5.74, 6) is -0.614. The van der Waals surface area contributed by atoms with E-state index in [0.29, 0.717) is 11.9 Å². The number of rotatable bonds is 5. The molecule has 0 aliphatic carbocycles. The van der Waals surface area contributed by atoms with E-state index >= 15 is 0 Å². The number of benzene rings is 2. The lowest BCUT2D eigenvalue weighted by Crippen LogP contribution is -2.12. The molecule has 11 heteroatoms. The Kier molecular flexibility index (Phi) is 5.32. The van der Waals surface area contributed by atoms with Gasteiger partial charge in [0.25, 0.3) is 5.69 Å². The standard InChI is InChI=1S/C17H11ClF3N5O2/c18-13-3-1-2-4-14(13)24-15-12(17(19,20)21)9-22-16(25-15)23-10-5-7-11(8-6-10)26(27)28/h1-9H,(H2,22,23,24,25). The average molecular weight is 410 g/mol. The first kappa shape index (κ1) is 19.4. The Labute approximate surface area is 161 Å². The van der Waals surface area contributed by atoms with E-state index in [1.54, 1.807) is 12.1 Å². The van der Waals surface area contributed by atoms with Crippen molar-refractivity contribution in [2.24, 2.45) is 0 Å². The van der Waals surface area contributed by atoms with Gasteiger partial charge < -0.3 is 10.6 Å². The zero-order chi connectivity index (χ0) is 20.3. The maximum Gasteiger partial charge on any atom is 0.421 e. The van der Waals surface area contributed by atoms with Crippen molar-refractivity contribution in [2.45, 2.75) is 6.18 Å². The molecule has 0 saturated heterocycles. The maximum atomic E-state index is 13.3. The van der Waals surface area contributed by atoms with Crippen LogP contribution in [0.15, 0.2) is 54.7 Å². The Morgan fingerprint density at radius 2 is 1.71 bits per heavy atom. The number of non-ortho nitro benzene ring substituents is 1. The highest BCUT2D eigenvalue weighted by Gasteiger charge is 2.35. The van der Waals surface area contributed by atoms with E-state index in [1.807, 2.05) is 0 Å². The number of anilines is 4.